The summed E-state index contributed by atoms with van der Waals surface area (Å²) in [5, 5.41) is 13.2. The van der Waals surface area contributed by atoms with Crippen molar-refractivity contribution in [3.63, 3.8) is 0 Å². The second-order valence-corrected chi connectivity index (χ2v) is 23.4. The van der Waals surface area contributed by atoms with Crippen LogP contribution < -0.4 is 9.80 Å². The molecule has 0 fully saturated rings. The maximum absolute atomic E-state index is 2.61. The van der Waals surface area contributed by atoms with Crippen molar-refractivity contribution in [3.8, 4) is 0 Å². The fourth-order valence-electron chi connectivity index (χ4n) is 11.6. The Morgan fingerprint density at radius 1 is 0.266 bits per heavy atom. The van der Waals surface area contributed by atoms with Gasteiger partial charge in [-0.05, 0) is 0 Å². The Kier molecular flexibility index (Phi) is 7.58. The van der Waals surface area contributed by atoms with Crippen LogP contribution in [0.15, 0.2) is 182 Å². The number of nitrogens with zero attached hydrogens (tertiary/aromatic N) is 2. The van der Waals surface area contributed by atoms with Crippen LogP contribution >= 0.6 is 0 Å². The molecule has 0 spiro atoms. The summed E-state index contributed by atoms with van der Waals surface area (Å²) in [7, 11) is 0. The molecule has 14 rings (SSSR count). The van der Waals surface area contributed by atoms with Crippen LogP contribution in [-0.4, -0.2) is 29.0 Å². The van der Waals surface area contributed by atoms with Gasteiger partial charge < -0.3 is 0 Å². The number of anilines is 6. The van der Waals surface area contributed by atoms with E-state index in [1.807, 2.05) is 0 Å². The summed E-state index contributed by atoms with van der Waals surface area (Å²) in [5.41, 5.74) is 12.6. The summed E-state index contributed by atoms with van der Waals surface area (Å²) in [6, 6.07) is 69.9. The molecule has 4 heteroatoms. The van der Waals surface area contributed by atoms with Gasteiger partial charge in [0.15, 0.2) is 0 Å². The molecule has 2 aliphatic heterocycles. The molecular formula is C60H42N2Se2. The van der Waals surface area contributed by atoms with Gasteiger partial charge in [0.25, 0.3) is 0 Å². The van der Waals surface area contributed by atoms with Gasteiger partial charge in [-0.3, -0.25) is 0 Å². The van der Waals surface area contributed by atoms with Crippen molar-refractivity contribution >= 4 is 134 Å². The zero-order valence-electron chi connectivity index (χ0n) is 36.0. The molecule has 0 amide bonds. The van der Waals surface area contributed by atoms with Crippen LogP contribution in [0, 0.1) is 0 Å². The van der Waals surface area contributed by atoms with Gasteiger partial charge in [-0.2, -0.15) is 0 Å². The zero-order valence-corrected chi connectivity index (χ0v) is 39.5. The van der Waals surface area contributed by atoms with E-state index in [1.165, 1.54) is 127 Å². The summed E-state index contributed by atoms with van der Waals surface area (Å²) in [4.78, 5) is 5.22. The van der Waals surface area contributed by atoms with Crippen molar-refractivity contribution in [3.05, 3.63) is 204 Å². The molecule has 12 aromatic rings. The number of rotatable bonds is 2. The molecule has 0 aliphatic carbocycles. The standard InChI is InChI=1S/C60H42N2Se2/c1-59(2)45-23-11-13-25-49(45)61(53-33-57-43(29-47(53)59)39-21-9-15-27-55(39)63-57)51-31-41-36-18-6-8-20-38(36)52(32-42(41)35-17-5-7-19-37(35)51)62-50-26-14-12-24-46(50)60(3,4)48-30-44-40-22-10-16-28-56(40)64-58(44)34-54(48)62/h5-34H,1-4H3. The molecule has 0 N–H and O–H groups in total. The second kappa shape index (κ2) is 13.1. The molecular weight excluding hydrogens is 907 g/mol. The summed E-state index contributed by atoms with van der Waals surface area (Å²) < 4.78 is 5.89. The van der Waals surface area contributed by atoms with Gasteiger partial charge in [0.1, 0.15) is 0 Å². The Bertz CT molecular complexity index is 3740. The van der Waals surface area contributed by atoms with Crippen LogP contribution in [0.3, 0.4) is 0 Å². The molecule has 2 aliphatic rings. The molecule has 10 aromatic carbocycles. The van der Waals surface area contributed by atoms with Gasteiger partial charge in [-0.25, -0.2) is 0 Å². The predicted molar refractivity (Wildman–Crippen MR) is 276 cm³/mol. The SMILES string of the molecule is CC1(C)c2ccccc2N(c2cc3c4ccccc4c(N4c5ccccc5C(C)(C)c5cc6c(cc54)[se]c4ccccc46)cc3c3ccccc23)c2cc3[se]c4ccccc4c3cc21. The van der Waals surface area contributed by atoms with Crippen LogP contribution in [0.1, 0.15) is 49.9 Å². The van der Waals surface area contributed by atoms with Gasteiger partial charge in [-0.1, -0.05) is 0 Å². The first-order valence-corrected chi connectivity index (χ1v) is 25.8. The van der Waals surface area contributed by atoms with E-state index in [1.54, 1.807) is 0 Å². The van der Waals surface area contributed by atoms with E-state index >= 15 is 0 Å². The molecule has 0 saturated carbocycles. The minimum atomic E-state index is -0.185. The van der Waals surface area contributed by atoms with E-state index in [2.05, 4.69) is 219 Å². The van der Waals surface area contributed by atoms with Gasteiger partial charge in [-0.15, -0.1) is 0 Å². The molecule has 0 radical (unpaired) electrons. The molecule has 2 nitrogen and oxygen atoms in total. The first kappa shape index (κ1) is 37.0. The fourth-order valence-corrected chi connectivity index (χ4v) is 16.3. The van der Waals surface area contributed by atoms with Crippen LogP contribution in [0.2, 0.25) is 0 Å². The molecule has 0 saturated heterocycles. The third kappa shape index (κ3) is 4.92. The van der Waals surface area contributed by atoms with Crippen molar-refractivity contribution in [1.82, 2.24) is 0 Å². The molecule has 64 heavy (non-hydrogen) atoms. The number of para-hydroxylation sites is 2. The second-order valence-electron chi connectivity index (χ2n) is 18.9. The Hall–Kier alpha value is -6.38. The first-order valence-electron chi connectivity index (χ1n) is 22.3. The summed E-state index contributed by atoms with van der Waals surface area (Å²) in [5.74, 6) is 0. The van der Waals surface area contributed by atoms with E-state index < -0.39 is 0 Å². The molecule has 304 valence electrons. The Morgan fingerprint density at radius 2 is 0.625 bits per heavy atom. The van der Waals surface area contributed by atoms with Crippen molar-refractivity contribution in [2.45, 2.75) is 38.5 Å². The summed E-state index contributed by atoms with van der Waals surface area (Å²) >= 11 is 0.496. The van der Waals surface area contributed by atoms with Crippen molar-refractivity contribution in [2.24, 2.45) is 0 Å². The summed E-state index contributed by atoms with van der Waals surface area (Å²) in [6.45, 7) is 9.67. The van der Waals surface area contributed by atoms with Gasteiger partial charge in [0.2, 0.25) is 0 Å². The minimum absolute atomic E-state index is 0.185. The van der Waals surface area contributed by atoms with E-state index in [0.717, 1.165) is 0 Å². The van der Waals surface area contributed by atoms with E-state index in [0.29, 0.717) is 0 Å². The normalized spacial score (nSPS) is 15.1. The molecule has 4 heterocycles. The van der Waals surface area contributed by atoms with Crippen LogP contribution in [0.5, 0.6) is 0 Å². The Balaban J connectivity index is 1.07. The first-order chi connectivity index (χ1) is 31.3. The van der Waals surface area contributed by atoms with E-state index in [4.69, 9.17) is 0 Å². The van der Waals surface area contributed by atoms with Gasteiger partial charge in [0, 0.05) is 0 Å². The van der Waals surface area contributed by atoms with Gasteiger partial charge >= 0.3 is 387 Å². The van der Waals surface area contributed by atoms with E-state index in [9.17, 15) is 0 Å². The Labute approximate surface area is 384 Å². The zero-order chi connectivity index (χ0) is 42.6. The topological polar surface area (TPSA) is 6.48 Å². The molecule has 2 aromatic heterocycles. The number of hydrogen-bond donors (Lipinski definition) is 0. The van der Waals surface area contributed by atoms with E-state index in [-0.39, 0.29) is 39.8 Å². The Morgan fingerprint density at radius 3 is 1.06 bits per heavy atom. The predicted octanol–water partition coefficient (Wildman–Crippen LogP) is 16.1. The molecule has 0 bridgehead atoms. The third-order valence-electron chi connectivity index (χ3n) is 14.8. The number of hydrogen-bond acceptors (Lipinski definition) is 2. The average Bonchev–Trinajstić information content (AvgIpc) is 3.88. The van der Waals surface area contributed by atoms with Crippen LogP contribution in [-0.2, 0) is 10.8 Å². The molecule has 0 unspecified atom stereocenters. The monoisotopic (exact) mass is 950 g/mol. The van der Waals surface area contributed by atoms with Gasteiger partial charge in [0.05, 0.1) is 0 Å². The van der Waals surface area contributed by atoms with Crippen molar-refractivity contribution in [2.75, 3.05) is 9.80 Å². The third-order valence-corrected chi connectivity index (χ3v) is 19.5. The van der Waals surface area contributed by atoms with Crippen molar-refractivity contribution < 1.29 is 0 Å². The molecule has 0 atom stereocenters. The average molecular weight is 949 g/mol. The maximum atomic E-state index is 2.61. The van der Waals surface area contributed by atoms with Crippen LogP contribution in [0.4, 0.5) is 34.1 Å². The van der Waals surface area contributed by atoms with Crippen molar-refractivity contribution in [1.29, 1.82) is 0 Å². The number of fused-ring (bicyclic) bond motifs is 15. The summed E-state index contributed by atoms with van der Waals surface area (Å²) in [6.07, 6.45) is 0. The quantitative estimate of drug-likeness (QED) is 0.126. The fraction of sp³-hybridized carbons (Fsp3) is 0.100. The van der Waals surface area contributed by atoms with Crippen LogP contribution in [0.25, 0.3) is 70.9 Å². The number of benzene rings is 10.